The summed E-state index contributed by atoms with van der Waals surface area (Å²) in [6.07, 6.45) is 5.36. The van der Waals surface area contributed by atoms with Crippen LogP contribution in [0, 0.1) is 0 Å². The van der Waals surface area contributed by atoms with E-state index < -0.39 is 0 Å². The van der Waals surface area contributed by atoms with Crippen LogP contribution < -0.4 is 5.46 Å². The van der Waals surface area contributed by atoms with Crippen LogP contribution >= 0.6 is 0 Å². The van der Waals surface area contributed by atoms with Gasteiger partial charge in [-0.2, -0.15) is 5.10 Å². The molecule has 2 heterocycles. The molecule has 1 aromatic rings. The van der Waals surface area contributed by atoms with Crippen molar-refractivity contribution in [2.45, 2.75) is 25.8 Å². The molecule has 2 rings (SSSR count). The Morgan fingerprint density at radius 3 is 3.20 bits per heavy atom. The first-order valence-corrected chi connectivity index (χ1v) is 3.68. The molecule has 0 saturated heterocycles. The number of rotatable bonds is 0. The van der Waals surface area contributed by atoms with E-state index in [-0.39, 0.29) is 0 Å². The monoisotopic (exact) mass is 132 g/mol. The summed E-state index contributed by atoms with van der Waals surface area (Å²) in [6, 6.07) is 0. The van der Waals surface area contributed by atoms with Crippen LogP contribution in [0.2, 0.25) is 0 Å². The van der Waals surface area contributed by atoms with Crippen molar-refractivity contribution < 1.29 is 0 Å². The molecule has 0 fully saturated rings. The molecule has 0 saturated carbocycles. The number of aryl methyl sites for hydroxylation is 1. The van der Waals surface area contributed by atoms with Crippen LogP contribution in [0.1, 0.15) is 18.5 Å². The predicted molar refractivity (Wildman–Crippen MR) is 40.6 cm³/mol. The normalized spacial score (nSPS) is 16.8. The highest BCUT2D eigenvalue weighted by Gasteiger charge is 2.10. The molecule has 2 nitrogen and oxygen atoms in total. The van der Waals surface area contributed by atoms with Gasteiger partial charge in [-0.05, 0) is 19.3 Å². The molecule has 0 N–H and O–H groups in total. The van der Waals surface area contributed by atoms with Crippen LogP contribution in [0.25, 0.3) is 0 Å². The second kappa shape index (κ2) is 2.15. The maximum absolute atomic E-state index is 5.68. The molecule has 0 aromatic carbocycles. The smallest absolute Gasteiger partial charge is 0.118 e. The highest BCUT2D eigenvalue weighted by molar-refractivity contribution is 6.33. The molecule has 10 heavy (non-hydrogen) atoms. The summed E-state index contributed by atoms with van der Waals surface area (Å²) in [5.41, 5.74) is 2.09. The zero-order valence-corrected chi connectivity index (χ0v) is 5.88. The highest BCUT2D eigenvalue weighted by atomic mass is 15.3. The van der Waals surface area contributed by atoms with Gasteiger partial charge in [0.1, 0.15) is 7.85 Å². The van der Waals surface area contributed by atoms with Gasteiger partial charge < -0.3 is 0 Å². The Kier molecular flexibility index (Phi) is 1.29. The lowest BCUT2D eigenvalue weighted by molar-refractivity contribution is 0.487. The summed E-state index contributed by atoms with van der Waals surface area (Å²) >= 11 is 0. The summed E-state index contributed by atoms with van der Waals surface area (Å²) in [5.74, 6) is 0. The van der Waals surface area contributed by atoms with Crippen molar-refractivity contribution in [1.29, 1.82) is 0 Å². The molecular formula is C7H9BN2. The summed E-state index contributed by atoms with van der Waals surface area (Å²) in [5, 5.41) is 4.15. The molecule has 0 spiro atoms. The molecule has 1 aromatic heterocycles. The summed E-state index contributed by atoms with van der Waals surface area (Å²) < 4.78 is 2.01. The third-order valence-corrected chi connectivity index (χ3v) is 2.01. The first kappa shape index (κ1) is 6.02. The molecule has 0 amide bonds. The Morgan fingerprint density at radius 1 is 1.50 bits per heavy atom. The van der Waals surface area contributed by atoms with Crippen LogP contribution in [-0.4, -0.2) is 17.6 Å². The van der Waals surface area contributed by atoms with E-state index >= 15 is 0 Å². The minimum absolute atomic E-state index is 0.861. The van der Waals surface area contributed by atoms with Gasteiger partial charge in [-0.3, -0.25) is 4.68 Å². The fraction of sp³-hybridized carbons (Fsp3) is 0.571. The number of fused-ring (bicyclic) bond motifs is 1. The lowest BCUT2D eigenvalue weighted by atomic mass is 9.93. The lowest BCUT2D eigenvalue weighted by Gasteiger charge is -2.13. The van der Waals surface area contributed by atoms with E-state index in [0.717, 1.165) is 18.4 Å². The zero-order chi connectivity index (χ0) is 6.97. The van der Waals surface area contributed by atoms with E-state index in [1.165, 1.54) is 18.5 Å². The quantitative estimate of drug-likeness (QED) is 0.454. The molecule has 0 unspecified atom stereocenters. The van der Waals surface area contributed by atoms with Crippen LogP contribution in [0.4, 0.5) is 0 Å². The minimum Gasteiger partial charge on any atom is -0.270 e. The van der Waals surface area contributed by atoms with Crippen LogP contribution in [0.5, 0.6) is 0 Å². The Balaban J connectivity index is 2.45. The van der Waals surface area contributed by atoms with Crippen LogP contribution in [0.3, 0.4) is 0 Å². The van der Waals surface area contributed by atoms with E-state index in [4.69, 9.17) is 7.85 Å². The first-order chi connectivity index (χ1) is 4.88. The first-order valence-electron chi connectivity index (χ1n) is 3.68. The Bertz CT molecular complexity index is 242. The van der Waals surface area contributed by atoms with Crippen molar-refractivity contribution in [3.05, 3.63) is 11.9 Å². The molecule has 3 heteroatoms. The van der Waals surface area contributed by atoms with Gasteiger partial charge in [-0.1, -0.05) is 5.46 Å². The SMILES string of the molecule is [B]c1cnn2c1CCCC2. The van der Waals surface area contributed by atoms with Crippen LogP contribution in [0.15, 0.2) is 6.20 Å². The largest absolute Gasteiger partial charge is 0.270 e. The third-order valence-electron chi connectivity index (χ3n) is 2.01. The molecule has 1 aliphatic heterocycles. The Labute approximate surface area is 61.6 Å². The van der Waals surface area contributed by atoms with Gasteiger partial charge in [-0.15, -0.1) is 0 Å². The van der Waals surface area contributed by atoms with E-state index in [2.05, 4.69) is 5.10 Å². The van der Waals surface area contributed by atoms with Crippen molar-refractivity contribution in [3.8, 4) is 0 Å². The fourth-order valence-corrected chi connectivity index (χ4v) is 1.45. The van der Waals surface area contributed by atoms with E-state index in [0.29, 0.717) is 0 Å². The van der Waals surface area contributed by atoms with Crippen molar-refractivity contribution in [2.24, 2.45) is 0 Å². The maximum atomic E-state index is 5.68. The third kappa shape index (κ3) is 0.771. The van der Waals surface area contributed by atoms with E-state index in [1.54, 1.807) is 6.20 Å². The molecule has 1 aliphatic rings. The number of aromatic nitrogens is 2. The topological polar surface area (TPSA) is 17.8 Å². The van der Waals surface area contributed by atoms with E-state index in [9.17, 15) is 0 Å². The van der Waals surface area contributed by atoms with Crippen molar-refractivity contribution >= 4 is 13.3 Å². The maximum Gasteiger partial charge on any atom is 0.118 e. The van der Waals surface area contributed by atoms with Crippen molar-refractivity contribution in [3.63, 3.8) is 0 Å². The van der Waals surface area contributed by atoms with Gasteiger partial charge >= 0.3 is 0 Å². The molecule has 0 aliphatic carbocycles. The van der Waals surface area contributed by atoms with E-state index in [1.807, 2.05) is 4.68 Å². The Hall–Kier alpha value is -0.725. The number of nitrogens with zero attached hydrogens (tertiary/aromatic N) is 2. The number of hydrogen-bond donors (Lipinski definition) is 0. The van der Waals surface area contributed by atoms with Gasteiger partial charge in [0.2, 0.25) is 0 Å². The molecule has 0 bridgehead atoms. The summed E-state index contributed by atoms with van der Waals surface area (Å²) in [4.78, 5) is 0. The zero-order valence-electron chi connectivity index (χ0n) is 5.88. The van der Waals surface area contributed by atoms with Gasteiger partial charge in [0.15, 0.2) is 0 Å². The lowest BCUT2D eigenvalue weighted by Crippen LogP contribution is -2.17. The van der Waals surface area contributed by atoms with Gasteiger partial charge in [0.05, 0.1) is 0 Å². The molecule has 2 radical (unpaired) electrons. The van der Waals surface area contributed by atoms with Gasteiger partial charge in [-0.25, -0.2) is 0 Å². The van der Waals surface area contributed by atoms with Crippen molar-refractivity contribution in [1.82, 2.24) is 9.78 Å². The molecule has 0 atom stereocenters. The number of hydrogen-bond acceptors (Lipinski definition) is 1. The average molecular weight is 132 g/mol. The molecular weight excluding hydrogens is 123 g/mol. The van der Waals surface area contributed by atoms with Gasteiger partial charge in [0.25, 0.3) is 0 Å². The second-order valence-electron chi connectivity index (χ2n) is 2.73. The average Bonchev–Trinajstić information content (AvgIpc) is 2.34. The second-order valence-corrected chi connectivity index (χ2v) is 2.73. The highest BCUT2D eigenvalue weighted by Crippen LogP contribution is 2.09. The van der Waals surface area contributed by atoms with Gasteiger partial charge in [0, 0.05) is 18.4 Å². The Morgan fingerprint density at radius 2 is 2.40 bits per heavy atom. The van der Waals surface area contributed by atoms with Crippen LogP contribution in [-0.2, 0) is 13.0 Å². The predicted octanol–water partition coefficient (Wildman–Crippen LogP) is 0.0132. The molecule has 50 valence electrons. The summed E-state index contributed by atoms with van der Waals surface area (Å²) in [6.45, 7) is 1.05. The standard InChI is InChI=1S/C7H9BN2/c8-6-5-9-10-4-2-1-3-7(6)10/h5H,1-4H2. The fourth-order valence-electron chi connectivity index (χ4n) is 1.45. The summed E-state index contributed by atoms with van der Waals surface area (Å²) in [7, 11) is 5.68. The van der Waals surface area contributed by atoms with Crippen molar-refractivity contribution in [2.75, 3.05) is 0 Å². The minimum atomic E-state index is 0.861.